The van der Waals surface area contributed by atoms with Gasteiger partial charge in [0.05, 0.1) is 0 Å². The number of rotatable bonds is 4. The molecule has 0 aromatic carbocycles. The van der Waals surface area contributed by atoms with Crippen LogP contribution in [0.2, 0.25) is 0 Å². The zero-order valence-corrected chi connectivity index (χ0v) is 7.65. The van der Waals surface area contributed by atoms with Gasteiger partial charge in [-0.15, -0.1) is 0 Å². The van der Waals surface area contributed by atoms with Crippen LogP contribution in [0.3, 0.4) is 0 Å². The molecule has 0 aliphatic carbocycles. The molecule has 1 heterocycles. The minimum Gasteiger partial charge on any atom is -0.358 e. The number of nitrogens with zero attached hydrogens (tertiary/aromatic N) is 3. The van der Waals surface area contributed by atoms with E-state index in [4.69, 9.17) is 0 Å². The predicted molar refractivity (Wildman–Crippen MR) is 48.8 cm³/mol. The Kier molecular flexibility index (Phi) is 2.84. The number of anilines is 1. The van der Waals surface area contributed by atoms with Crippen LogP contribution in [0.5, 0.6) is 0 Å². The molecule has 6 nitrogen and oxygen atoms in total. The molecular weight excluding hydrogens is 172 g/mol. The lowest BCUT2D eigenvalue weighted by molar-refractivity contribution is -0.389. The molecule has 72 valence electrons. The van der Waals surface area contributed by atoms with Crippen LogP contribution in [0, 0.1) is 10.1 Å². The average Bonchev–Trinajstić information content (AvgIpc) is 2.56. The zero-order chi connectivity index (χ0) is 9.84. The molecule has 0 spiro atoms. The van der Waals surface area contributed by atoms with Crippen molar-refractivity contribution in [2.45, 2.75) is 13.8 Å². The SMILES string of the molecule is CCN(CC)c1nc([N+](=O)[O-])c[nH]1. The Morgan fingerprint density at radius 1 is 1.62 bits per heavy atom. The first kappa shape index (κ1) is 9.50. The quantitative estimate of drug-likeness (QED) is 0.562. The summed E-state index contributed by atoms with van der Waals surface area (Å²) in [6.07, 6.45) is 1.30. The van der Waals surface area contributed by atoms with Gasteiger partial charge in [0.1, 0.15) is 6.20 Å². The highest BCUT2D eigenvalue weighted by Gasteiger charge is 2.16. The molecule has 0 unspecified atom stereocenters. The topological polar surface area (TPSA) is 75.1 Å². The van der Waals surface area contributed by atoms with Crippen LogP contribution in [0.25, 0.3) is 0 Å². The van der Waals surface area contributed by atoms with Gasteiger partial charge < -0.3 is 20.0 Å². The van der Waals surface area contributed by atoms with Gasteiger partial charge in [-0.3, -0.25) is 0 Å². The molecule has 0 bridgehead atoms. The fourth-order valence-electron chi connectivity index (χ4n) is 1.08. The Hall–Kier alpha value is -1.59. The van der Waals surface area contributed by atoms with E-state index in [1.165, 1.54) is 6.20 Å². The van der Waals surface area contributed by atoms with Gasteiger partial charge in [0.25, 0.3) is 0 Å². The van der Waals surface area contributed by atoms with Gasteiger partial charge in [0, 0.05) is 18.1 Å². The van der Waals surface area contributed by atoms with Crippen molar-refractivity contribution in [1.82, 2.24) is 9.97 Å². The zero-order valence-electron chi connectivity index (χ0n) is 7.65. The van der Waals surface area contributed by atoms with Gasteiger partial charge in [-0.1, -0.05) is 0 Å². The molecule has 6 heteroatoms. The van der Waals surface area contributed by atoms with Gasteiger partial charge in [-0.2, -0.15) is 0 Å². The van der Waals surface area contributed by atoms with Gasteiger partial charge in [-0.25, -0.2) is 0 Å². The van der Waals surface area contributed by atoms with Crippen LogP contribution in [0.1, 0.15) is 13.8 Å². The summed E-state index contributed by atoms with van der Waals surface area (Å²) < 4.78 is 0. The Labute approximate surface area is 75.7 Å². The van der Waals surface area contributed by atoms with E-state index in [0.717, 1.165) is 13.1 Å². The van der Waals surface area contributed by atoms with Crippen LogP contribution in [-0.2, 0) is 0 Å². The number of nitrogens with one attached hydrogen (secondary N) is 1. The smallest absolute Gasteiger partial charge is 0.358 e. The van der Waals surface area contributed by atoms with Crippen molar-refractivity contribution in [2.24, 2.45) is 0 Å². The van der Waals surface area contributed by atoms with Crippen molar-refractivity contribution >= 4 is 11.8 Å². The predicted octanol–water partition coefficient (Wildman–Crippen LogP) is 1.16. The first-order valence-electron chi connectivity index (χ1n) is 4.13. The van der Waals surface area contributed by atoms with E-state index >= 15 is 0 Å². The number of imidazole rings is 1. The van der Waals surface area contributed by atoms with E-state index in [0.29, 0.717) is 5.95 Å². The summed E-state index contributed by atoms with van der Waals surface area (Å²) in [6.45, 7) is 5.50. The van der Waals surface area contributed by atoms with E-state index in [1.807, 2.05) is 18.7 Å². The lowest BCUT2D eigenvalue weighted by Gasteiger charge is -2.12. The Balaban J connectivity index is 2.84. The van der Waals surface area contributed by atoms with E-state index in [2.05, 4.69) is 9.97 Å². The van der Waals surface area contributed by atoms with Gasteiger partial charge in [-0.05, 0) is 18.8 Å². The molecule has 0 fully saturated rings. The van der Waals surface area contributed by atoms with Crippen LogP contribution in [-0.4, -0.2) is 28.0 Å². The summed E-state index contributed by atoms with van der Waals surface area (Å²) in [4.78, 5) is 18.3. The van der Waals surface area contributed by atoms with Gasteiger partial charge in [0.2, 0.25) is 0 Å². The summed E-state index contributed by atoms with van der Waals surface area (Å²) >= 11 is 0. The summed E-state index contributed by atoms with van der Waals surface area (Å²) in [6, 6.07) is 0. The molecule has 0 saturated carbocycles. The van der Waals surface area contributed by atoms with Gasteiger partial charge in [0.15, 0.2) is 0 Å². The molecule has 0 aliphatic rings. The largest absolute Gasteiger partial charge is 0.383 e. The first-order chi connectivity index (χ1) is 6.19. The maximum atomic E-state index is 10.3. The van der Waals surface area contributed by atoms with E-state index in [-0.39, 0.29) is 5.82 Å². The third-order valence-corrected chi connectivity index (χ3v) is 1.80. The second-order valence-electron chi connectivity index (χ2n) is 2.51. The Bertz CT molecular complexity index is 292. The fourth-order valence-corrected chi connectivity index (χ4v) is 1.08. The molecule has 1 aromatic rings. The Morgan fingerprint density at radius 3 is 2.62 bits per heavy atom. The third kappa shape index (κ3) is 1.95. The molecule has 0 aliphatic heterocycles. The number of nitro groups is 1. The number of aromatic amines is 1. The molecule has 0 saturated heterocycles. The minimum atomic E-state index is -0.510. The summed E-state index contributed by atoms with van der Waals surface area (Å²) in [5.41, 5.74) is 0. The minimum absolute atomic E-state index is 0.137. The van der Waals surface area contributed by atoms with Crippen LogP contribution in [0.15, 0.2) is 6.20 Å². The second kappa shape index (κ2) is 3.88. The lowest BCUT2D eigenvalue weighted by atomic mass is 10.5. The van der Waals surface area contributed by atoms with Crippen molar-refractivity contribution in [3.63, 3.8) is 0 Å². The molecule has 0 atom stereocenters. The summed E-state index contributed by atoms with van der Waals surface area (Å²) in [5, 5.41) is 10.3. The number of hydrogen-bond donors (Lipinski definition) is 1. The summed E-state index contributed by atoms with van der Waals surface area (Å²) in [5.74, 6) is 0.415. The third-order valence-electron chi connectivity index (χ3n) is 1.80. The first-order valence-corrected chi connectivity index (χ1v) is 4.13. The Morgan fingerprint density at radius 2 is 2.23 bits per heavy atom. The molecule has 0 radical (unpaired) electrons. The van der Waals surface area contributed by atoms with Crippen molar-refractivity contribution < 1.29 is 4.92 Å². The van der Waals surface area contributed by atoms with Crippen molar-refractivity contribution in [3.05, 3.63) is 16.3 Å². The second-order valence-corrected chi connectivity index (χ2v) is 2.51. The normalized spacial score (nSPS) is 10.0. The number of aromatic nitrogens is 2. The monoisotopic (exact) mass is 184 g/mol. The fraction of sp³-hybridized carbons (Fsp3) is 0.571. The van der Waals surface area contributed by atoms with Crippen LogP contribution < -0.4 is 4.90 Å². The molecule has 13 heavy (non-hydrogen) atoms. The molecular formula is C7H12N4O2. The average molecular weight is 184 g/mol. The standard InChI is InChI=1S/C7H12N4O2/c1-3-10(4-2)7-8-5-6(9-7)11(12)13/h5H,3-4H2,1-2H3,(H,8,9). The van der Waals surface area contributed by atoms with E-state index in [9.17, 15) is 10.1 Å². The van der Waals surface area contributed by atoms with Gasteiger partial charge >= 0.3 is 11.8 Å². The molecule has 1 N–H and O–H groups in total. The van der Waals surface area contributed by atoms with Crippen molar-refractivity contribution in [1.29, 1.82) is 0 Å². The van der Waals surface area contributed by atoms with E-state index in [1.54, 1.807) is 0 Å². The molecule has 0 amide bonds. The van der Waals surface area contributed by atoms with Crippen molar-refractivity contribution in [2.75, 3.05) is 18.0 Å². The highest BCUT2D eigenvalue weighted by molar-refractivity contribution is 5.35. The highest BCUT2D eigenvalue weighted by Crippen LogP contribution is 2.13. The number of H-pyrrole nitrogens is 1. The number of hydrogen-bond acceptors (Lipinski definition) is 4. The highest BCUT2D eigenvalue weighted by atomic mass is 16.6. The maximum absolute atomic E-state index is 10.3. The lowest BCUT2D eigenvalue weighted by Crippen LogP contribution is -2.22. The maximum Gasteiger partial charge on any atom is 0.383 e. The van der Waals surface area contributed by atoms with Crippen LogP contribution >= 0.6 is 0 Å². The molecule has 1 aromatic heterocycles. The van der Waals surface area contributed by atoms with E-state index < -0.39 is 4.92 Å². The molecule has 1 rings (SSSR count). The van der Waals surface area contributed by atoms with Crippen molar-refractivity contribution in [3.8, 4) is 0 Å². The summed E-state index contributed by atoms with van der Waals surface area (Å²) in [7, 11) is 0. The van der Waals surface area contributed by atoms with Crippen LogP contribution in [0.4, 0.5) is 11.8 Å².